The average Bonchev–Trinajstić information content (AvgIpc) is 3.52. The van der Waals surface area contributed by atoms with E-state index in [1.165, 1.54) is 17.2 Å². The van der Waals surface area contributed by atoms with E-state index in [4.69, 9.17) is 27.3 Å². The number of fused-ring (bicyclic) bond motifs is 2. The molecule has 3 aromatic heterocycles. The van der Waals surface area contributed by atoms with Crippen LogP contribution in [-0.4, -0.2) is 103 Å². The molecule has 0 spiro atoms. The van der Waals surface area contributed by atoms with Crippen molar-refractivity contribution in [1.82, 2.24) is 29.5 Å². The third-order valence-electron chi connectivity index (χ3n) is 11.0. The molecule has 0 bridgehead atoms. The van der Waals surface area contributed by atoms with Gasteiger partial charge in [0, 0.05) is 22.7 Å². The number of nitrogens with one attached hydrogen (secondary N) is 3. The highest BCUT2D eigenvalue weighted by molar-refractivity contribution is 7.48. The van der Waals surface area contributed by atoms with Gasteiger partial charge in [-0.3, -0.25) is 38.0 Å². The Balaban J connectivity index is 1.31. The van der Waals surface area contributed by atoms with Crippen LogP contribution >= 0.6 is 16.1 Å². The number of nitrogens with zero attached hydrogens (tertiary/aromatic N) is 6. The lowest BCUT2D eigenvalue weighted by Crippen LogP contribution is -2.51. The van der Waals surface area contributed by atoms with Gasteiger partial charge in [-0.1, -0.05) is 34.6 Å². The summed E-state index contributed by atoms with van der Waals surface area (Å²) in [5, 5.41) is 26.3. The van der Waals surface area contributed by atoms with Crippen molar-refractivity contribution < 1.29 is 51.2 Å². The number of anilines is 2. The molecule has 1 saturated heterocycles. The SMILES string of the molecule is CC(C)C(=O)Nc1nc2c(ncn2[C@@H]2O[C@@H]3C(O)C3(O[Si](C)(C)C(C)(C)C)[C@H]2OP(=O)(OCCC#N)OCC[C@H]2C[C@@H](Nc3ccncn3)C[C@@H]2O[P+](=O)O)c(=O)[nH]1. The number of ether oxygens (including phenoxy) is 1. The van der Waals surface area contributed by atoms with Gasteiger partial charge in [-0.25, -0.2) is 19.5 Å². The summed E-state index contributed by atoms with van der Waals surface area (Å²) in [5.74, 6) is -0.738. The highest BCUT2D eigenvalue weighted by Crippen LogP contribution is 2.65. The van der Waals surface area contributed by atoms with Crippen molar-refractivity contribution in [3.63, 3.8) is 0 Å². The Labute approximate surface area is 336 Å². The molecule has 1 amide bonds. The number of carbonyl (C=O) groups is 1. The zero-order chi connectivity index (χ0) is 42.2. The molecule has 58 heavy (non-hydrogen) atoms. The molecule has 6 rings (SSSR count). The Hall–Kier alpha value is -3.58. The van der Waals surface area contributed by atoms with E-state index in [2.05, 4.69) is 35.6 Å². The molecule has 21 nitrogen and oxygen atoms in total. The van der Waals surface area contributed by atoms with Crippen molar-refractivity contribution in [3.05, 3.63) is 35.3 Å². The summed E-state index contributed by atoms with van der Waals surface area (Å²) in [5.41, 5.74) is -2.35. The van der Waals surface area contributed by atoms with Crippen LogP contribution in [0.5, 0.6) is 0 Å². The van der Waals surface area contributed by atoms with Crippen LogP contribution in [0.4, 0.5) is 11.8 Å². The molecule has 5 N–H and O–H groups in total. The lowest BCUT2D eigenvalue weighted by molar-refractivity contribution is -0.118. The molecule has 4 heterocycles. The van der Waals surface area contributed by atoms with E-state index < -0.39 is 78.0 Å². The third-order valence-corrected chi connectivity index (χ3v) is 17.4. The van der Waals surface area contributed by atoms with Gasteiger partial charge in [-0.05, 0) is 49.4 Å². The number of phosphoric ester groups is 1. The third kappa shape index (κ3) is 9.25. The average molecular weight is 867 g/mol. The molecule has 4 unspecified atom stereocenters. The van der Waals surface area contributed by atoms with E-state index in [1.54, 1.807) is 26.1 Å². The first-order valence-electron chi connectivity index (χ1n) is 18.9. The fourth-order valence-corrected chi connectivity index (χ4v) is 10.4. The molecule has 3 aliphatic rings. The molecule has 1 aliphatic heterocycles. The van der Waals surface area contributed by atoms with Crippen LogP contribution in [-0.2, 0) is 41.2 Å². The number of hydrogen-bond acceptors (Lipinski definition) is 17. The maximum absolute atomic E-state index is 14.8. The molecule has 2 saturated carbocycles. The Morgan fingerprint density at radius 1 is 1.26 bits per heavy atom. The van der Waals surface area contributed by atoms with Crippen LogP contribution in [0.15, 0.2) is 29.7 Å². The summed E-state index contributed by atoms with van der Waals surface area (Å²) in [6.45, 7) is 12.7. The number of amides is 1. The van der Waals surface area contributed by atoms with Gasteiger partial charge in [0.1, 0.15) is 42.2 Å². The summed E-state index contributed by atoms with van der Waals surface area (Å²) >= 11 is 0. The van der Waals surface area contributed by atoms with Gasteiger partial charge in [0.15, 0.2) is 25.7 Å². The van der Waals surface area contributed by atoms with Gasteiger partial charge in [-0.2, -0.15) is 10.2 Å². The first kappa shape index (κ1) is 44.0. The second kappa shape index (κ2) is 17.2. The summed E-state index contributed by atoms with van der Waals surface area (Å²) in [7, 11) is -10.4. The minimum atomic E-state index is -4.67. The van der Waals surface area contributed by atoms with Gasteiger partial charge in [-0.15, -0.1) is 9.42 Å². The molecule has 0 radical (unpaired) electrons. The van der Waals surface area contributed by atoms with Gasteiger partial charge < -0.3 is 19.6 Å². The maximum Gasteiger partial charge on any atom is 0.695 e. The lowest BCUT2D eigenvalue weighted by atomic mass is 10.0. The van der Waals surface area contributed by atoms with Crippen LogP contribution in [0, 0.1) is 23.2 Å². The summed E-state index contributed by atoms with van der Waals surface area (Å²) in [4.78, 5) is 54.6. The number of aliphatic hydroxyl groups excluding tert-OH is 1. The monoisotopic (exact) mass is 866 g/mol. The van der Waals surface area contributed by atoms with Crippen molar-refractivity contribution in [2.45, 2.75) is 121 Å². The zero-order valence-corrected chi connectivity index (χ0v) is 36.0. The van der Waals surface area contributed by atoms with E-state index >= 15 is 0 Å². The fraction of sp³-hybridized carbons (Fsp3) is 0.676. The van der Waals surface area contributed by atoms with E-state index in [9.17, 15) is 34.0 Å². The van der Waals surface area contributed by atoms with Crippen molar-refractivity contribution in [1.29, 1.82) is 5.26 Å². The van der Waals surface area contributed by atoms with Crippen molar-refractivity contribution >= 4 is 53.2 Å². The normalized spacial score (nSPS) is 28.2. The summed E-state index contributed by atoms with van der Waals surface area (Å²) in [6.07, 6.45) is -0.452. The van der Waals surface area contributed by atoms with Gasteiger partial charge in [0.25, 0.3) is 5.56 Å². The molecule has 3 fully saturated rings. The van der Waals surface area contributed by atoms with Crippen LogP contribution < -0.4 is 16.2 Å². The number of imidazole rings is 1. The van der Waals surface area contributed by atoms with Crippen LogP contribution in [0.2, 0.25) is 18.1 Å². The quantitative estimate of drug-likeness (QED) is 0.0677. The number of aromatic amines is 1. The van der Waals surface area contributed by atoms with Gasteiger partial charge in [0.2, 0.25) is 11.9 Å². The molecule has 3 aromatic rings. The van der Waals surface area contributed by atoms with Gasteiger partial charge >= 0.3 is 16.1 Å². The maximum atomic E-state index is 14.8. The van der Waals surface area contributed by atoms with Crippen LogP contribution in [0.3, 0.4) is 0 Å². The van der Waals surface area contributed by atoms with E-state index in [0.717, 1.165) is 0 Å². The second-order valence-electron chi connectivity index (χ2n) is 16.4. The number of nitriles is 1. The molecule has 24 heteroatoms. The van der Waals surface area contributed by atoms with E-state index in [1.807, 2.05) is 39.9 Å². The van der Waals surface area contributed by atoms with Gasteiger partial charge in [0.05, 0.1) is 32.0 Å². The summed E-state index contributed by atoms with van der Waals surface area (Å²) in [6, 6.07) is 3.45. The topological polar surface area (TPSA) is 284 Å². The Morgan fingerprint density at radius 2 is 2.00 bits per heavy atom. The predicted octanol–water partition coefficient (Wildman–Crippen LogP) is 4.29. The van der Waals surface area contributed by atoms with Crippen molar-refractivity contribution in [2.75, 3.05) is 23.8 Å². The first-order chi connectivity index (χ1) is 27.3. The zero-order valence-electron chi connectivity index (χ0n) is 33.2. The second-order valence-corrected chi connectivity index (χ2v) is 23.4. The van der Waals surface area contributed by atoms with Crippen molar-refractivity contribution in [2.24, 2.45) is 11.8 Å². The van der Waals surface area contributed by atoms with E-state index in [0.29, 0.717) is 18.7 Å². The highest BCUT2D eigenvalue weighted by Gasteiger charge is 2.81. The fourth-order valence-electron chi connectivity index (χ4n) is 6.94. The predicted molar refractivity (Wildman–Crippen MR) is 209 cm³/mol. The molecular formula is C34H50N9O12P2Si+. The van der Waals surface area contributed by atoms with Crippen LogP contribution in [0.1, 0.15) is 66.5 Å². The molecule has 0 aromatic carbocycles. The Morgan fingerprint density at radius 3 is 2.66 bits per heavy atom. The lowest BCUT2D eigenvalue weighted by Gasteiger charge is -2.41. The number of aliphatic hydroxyl groups is 1. The minimum absolute atomic E-state index is 0.0135. The van der Waals surface area contributed by atoms with Crippen molar-refractivity contribution in [3.8, 4) is 6.07 Å². The number of rotatable bonds is 18. The smallest absolute Gasteiger partial charge is 0.403 e. The molecular weight excluding hydrogens is 816 g/mol. The Bertz CT molecular complexity index is 2130. The Kier molecular flexibility index (Phi) is 13.0. The number of carbonyl (C=O) groups excluding carboxylic acids is 1. The largest absolute Gasteiger partial charge is 0.695 e. The number of H-pyrrole nitrogens is 1. The first-order valence-corrected chi connectivity index (χ1v) is 24.4. The van der Waals surface area contributed by atoms with E-state index in [-0.39, 0.29) is 60.2 Å². The number of aromatic nitrogens is 6. The highest BCUT2D eigenvalue weighted by atomic mass is 31.2. The number of hydrogen-bond donors (Lipinski definition) is 5. The molecule has 316 valence electrons. The standard InChI is InChI=1S/C34H49N9O12P2Si/c1-19(2)29(45)41-32-40-28-24(30(46)42-32)38-18-43(28)31-27(34(25(44)26(34)52-31)55-58(6,7)33(3,4)5)54-57(49,50-13-8-11-35)51-14-10-20-15-21(16-22(20)53-56(47)48)39-23-9-12-36-17-37-23/h9,12,17-22,25-27,31,44H,8,10,13-16H2,1-7H3,(H3-,36,37,39,40,41,42,45,46,47,48)/p+1/t20-,21+,22-,25?,26+,27-,31+,34?,57?/m0/s1. The summed E-state index contributed by atoms with van der Waals surface area (Å²) < 4.78 is 64.6. The molecule has 2 aliphatic carbocycles. The minimum Gasteiger partial charge on any atom is -0.403 e. The van der Waals surface area contributed by atoms with Crippen LogP contribution in [0.25, 0.3) is 11.2 Å². The molecule has 10 atom stereocenters. The number of phosphoric acid groups is 1.